The van der Waals surface area contributed by atoms with Crippen LogP contribution in [0.4, 0.5) is 24.7 Å². The number of nitrogens with zero attached hydrogens (tertiary/aromatic N) is 4. The van der Waals surface area contributed by atoms with Crippen LogP contribution in [0.25, 0.3) is 5.57 Å². The van der Waals surface area contributed by atoms with Gasteiger partial charge in [0, 0.05) is 65.5 Å². The van der Waals surface area contributed by atoms with Gasteiger partial charge in [-0.15, -0.1) is 11.8 Å². The fourth-order valence-electron chi connectivity index (χ4n) is 9.09. The van der Waals surface area contributed by atoms with Gasteiger partial charge in [0.2, 0.25) is 0 Å². The minimum Gasteiger partial charge on any atom is -0.380 e. The Labute approximate surface area is 384 Å². The Bertz CT molecular complexity index is 2550. The second-order valence-corrected chi connectivity index (χ2v) is 23.3. The van der Waals surface area contributed by atoms with Gasteiger partial charge in [-0.05, 0) is 123 Å². The Kier molecular flexibility index (Phi) is 14.1. The van der Waals surface area contributed by atoms with Crippen LogP contribution >= 0.6 is 23.4 Å². The summed E-state index contributed by atoms with van der Waals surface area (Å²) in [5.74, 6) is 0.456. The summed E-state index contributed by atoms with van der Waals surface area (Å²) in [4.78, 5) is 12.9. The number of halogens is 4. The van der Waals surface area contributed by atoms with Crippen LogP contribution < -0.4 is 15.4 Å². The molecule has 0 bridgehead atoms. The largest absolute Gasteiger partial charge is 0.501 e. The Hall–Kier alpha value is -3.71. The monoisotopic (exact) mass is 957 g/mol. The summed E-state index contributed by atoms with van der Waals surface area (Å²) < 4.78 is 99.1. The summed E-state index contributed by atoms with van der Waals surface area (Å²) in [6.07, 6.45) is 8.23. The quantitative estimate of drug-likeness (QED) is 0.0731. The van der Waals surface area contributed by atoms with Crippen LogP contribution in [0, 0.1) is 5.41 Å². The van der Waals surface area contributed by atoms with Crippen molar-refractivity contribution >= 4 is 60.3 Å². The number of hydrogen-bond donors (Lipinski definition) is 3. The van der Waals surface area contributed by atoms with Gasteiger partial charge in [0.05, 0.1) is 16.3 Å². The van der Waals surface area contributed by atoms with E-state index < -0.39 is 41.2 Å². The summed E-state index contributed by atoms with van der Waals surface area (Å²) in [6, 6.07) is 20.7. The third-order valence-corrected chi connectivity index (χ3v) is 17.2. The molecule has 2 saturated heterocycles. The topological polar surface area (TPSA) is 147 Å². The Morgan fingerprint density at radius 1 is 0.969 bits per heavy atom. The number of aromatic nitrogens is 2. The molecule has 3 aromatic carbocycles. The number of rotatable bonds is 16. The smallest absolute Gasteiger partial charge is 0.380 e. The molecule has 3 N–H and O–H groups in total. The highest BCUT2D eigenvalue weighted by molar-refractivity contribution is 7.99. The van der Waals surface area contributed by atoms with Gasteiger partial charge >= 0.3 is 5.51 Å². The average molecular weight is 959 g/mol. The molecule has 1 aliphatic carbocycles. The predicted molar refractivity (Wildman–Crippen MR) is 248 cm³/mol. The Balaban J connectivity index is 0.945. The van der Waals surface area contributed by atoms with Crippen LogP contribution in [0.15, 0.2) is 99.4 Å². The molecule has 11 nitrogen and oxygen atoms in total. The van der Waals surface area contributed by atoms with Gasteiger partial charge < -0.3 is 10.6 Å². The second kappa shape index (κ2) is 19.3. The van der Waals surface area contributed by atoms with E-state index in [-0.39, 0.29) is 23.0 Å². The lowest BCUT2D eigenvalue weighted by Crippen LogP contribution is -2.47. The number of nitrogens with one attached hydrogen (secondary N) is 3. The highest BCUT2D eigenvalue weighted by Crippen LogP contribution is 2.44. The van der Waals surface area contributed by atoms with Gasteiger partial charge in [-0.1, -0.05) is 61.4 Å². The van der Waals surface area contributed by atoms with Gasteiger partial charge in [0.25, 0.3) is 19.9 Å². The summed E-state index contributed by atoms with van der Waals surface area (Å²) in [7, 11) is -10.6. The van der Waals surface area contributed by atoms with Crippen LogP contribution in [0.1, 0.15) is 75.6 Å². The van der Waals surface area contributed by atoms with Crippen LogP contribution in [0.2, 0.25) is 5.02 Å². The number of likely N-dealkylation sites (tertiary alicyclic amines) is 1. The lowest BCUT2D eigenvalue weighted by Gasteiger charge is -2.41. The van der Waals surface area contributed by atoms with Crippen molar-refractivity contribution in [3.8, 4) is 0 Å². The van der Waals surface area contributed by atoms with E-state index in [4.69, 9.17) is 11.6 Å². The first-order valence-electron chi connectivity index (χ1n) is 21.9. The zero-order chi connectivity index (χ0) is 45.3. The first-order chi connectivity index (χ1) is 30.4. The van der Waals surface area contributed by atoms with E-state index in [2.05, 4.69) is 61.1 Å². The molecule has 1 unspecified atom stereocenters. The van der Waals surface area contributed by atoms with E-state index in [0.717, 1.165) is 86.8 Å². The van der Waals surface area contributed by atoms with E-state index in [9.17, 15) is 30.0 Å². The van der Waals surface area contributed by atoms with Crippen molar-refractivity contribution in [3.63, 3.8) is 0 Å². The van der Waals surface area contributed by atoms with Gasteiger partial charge in [-0.3, -0.25) is 14.5 Å². The molecule has 0 amide bonds. The summed E-state index contributed by atoms with van der Waals surface area (Å²) in [5, 5.41) is 6.98. The molecular weight excluding hydrogens is 903 g/mol. The standard InChI is InChI=1S/C46H55ClF3N7O4S3/c1-45(2)20-16-32(40(25-45)31-8-10-33(47)11-9-31)27-56-21-17-36(18-22-56)57-23-19-39-42(28-57)52-30-53-44(39)55-64(60,61)38-14-15-41(43(24-38)63(58,59)46(48,49)50)54-35(13-12-34-26-51-34)29-62-37-6-4-3-5-7-37/h3-11,14-15,24,30,34-36,51,54H,12-13,16-23,25-29H2,1-2H3,(H,52,53,55)/t34?,35-/m1/s1. The first-order valence-corrected chi connectivity index (χ1v) is 26.2. The van der Waals surface area contributed by atoms with Crippen LogP contribution in [0.5, 0.6) is 0 Å². The normalized spacial score (nSPS) is 20.4. The highest BCUT2D eigenvalue weighted by atomic mass is 35.5. The maximum Gasteiger partial charge on any atom is 0.501 e. The fraction of sp³-hybridized carbons (Fsp3) is 0.478. The molecule has 3 aliphatic heterocycles. The SMILES string of the molecule is CC1(C)CCC(CN2CCC(N3CCc4c(ncnc4NS(=O)(=O)c4ccc(N[C@H](CCC5CN5)CSc5ccccc5)c(S(=O)(=O)C(F)(F)F)c4)C3)CC2)=C(c2ccc(Cl)cc2)C1. The number of sulfone groups is 1. The van der Waals surface area contributed by atoms with E-state index >= 15 is 0 Å². The molecule has 4 aliphatic rings. The molecule has 18 heteroatoms. The molecule has 2 atom stereocenters. The third-order valence-electron chi connectivity index (χ3n) is 12.9. The van der Waals surface area contributed by atoms with E-state index in [0.29, 0.717) is 55.0 Å². The van der Waals surface area contributed by atoms with Crippen LogP contribution in [-0.2, 0) is 32.8 Å². The molecule has 8 rings (SSSR count). The minimum atomic E-state index is -5.97. The van der Waals surface area contributed by atoms with Crippen molar-refractivity contribution < 1.29 is 30.0 Å². The van der Waals surface area contributed by atoms with Gasteiger partial charge in [0.1, 0.15) is 17.0 Å². The van der Waals surface area contributed by atoms with Gasteiger partial charge in [-0.2, -0.15) is 13.2 Å². The summed E-state index contributed by atoms with van der Waals surface area (Å²) >= 11 is 7.72. The van der Waals surface area contributed by atoms with Crippen LogP contribution in [0.3, 0.4) is 0 Å². The maximum absolute atomic E-state index is 14.2. The number of piperidine rings is 1. The number of hydrogen-bond acceptors (Lipinski definition) is 11. The van der Waals surface area contributed by atoms with E-state index in [1.165, 1.54) is 34.8 Å². The molecule has 64 heavy (non-hydrogen) atoms. The summed E-state index contributed by atoms with van der Waals surface area (Å²) in [5.41, 5.74) is -0.291. The Morgan fingerprint density at radius 3 is 2.41 bits per heavy atom. The summed E-state index contributed by atoms with van der Waals surface area (Å²) in [6.45, 7) is 9.50. The van der Waals surface area contributed by atoms with E-state index in [1.54, 1.807) is 0 Å². The average Bonchev–Trinajstić information content (AvgIpc) is 4.10. The van der Waals surface area contributed by atoms with Crippen molar-refractivity contribution in [1.29, 1.82) is 0 Å². The molecule has 0 spiro atoms. The van der Waals surface area contributed by atoms with Crippen molar-refractivity contribution in [1.82, 2.24) is 25.1 Å². The molecule has 344 valence electrons. The Morgan fingerprint density at radius 2 is 1.70 bits per heavy atom. The second-order valence-electron chi connectivity index (χ2n) is 18.2. The van der Waals surface area contributed by atoms with E-state index in [1.807, 2.05) is 42.5 Å². The number of thioether (sulfide) groups is 1. The lowest BCUT2D eigenvalue weighted by atomic mass is 9.72. The van der Waals surface area contributed by atoms with Crippen molar-refractivity contribution in [2.24, 2.45) is 5.41 Å². The number of fused-ring (bicyclic) bond motifs is 1. The van der Waals surface area contributed by atoms with Gasteiger partial charge in [0.15, 0.2) is 0 Å². The molecular formula is C46H55ClF3N7O4S3. The molecule has 4 aromatic rings. The number of alkyl halides is 3. The van der Waals surface area contributed by atoms with Crippen molar-refractivity contribution in [2.45, 2.75) is 110 Å². The zero-order valence-electron chi connectivity index (χ0n) is 36.0. The van der Waals surface area contributed by atoms with Gasteiger partial charge in [-0.25, -0.2) is 26.8 Å². The number of allylic oxidation sites excluding steroid dienone is 1. The molecule has 1 aromatic heterocycles. The van der Waals surface area contributed by atoms with Crippen LogP contribution in [-0.4, -0.2) is 98.7 Å². The number of sulfonamides is 1. The third kappa shape index (κ3) is 11.3. The molecule has 0 radical (unpaired) electrons. The lowest BCUT2D eigenvalue weighted by molar-refractivity contribution is -0.0435. The number of anilines is 2. The molecule has 2 fully saturated rings. The maximum atomic E-state index is 14.2. The van der Waals surface area contributed by atoms with Crippen molar-refractivity contribution in [3.05, 3.63) is 107 Å². The predicted octanol–water partition coefficient (Wildman–Crippen LogP) is 9.04. The highest BCUT2D eigenvalue weighted by Gasteiger charge is 2.48. The molecule has 4 heterocycles. The molecule has 0 saturated carbocycles. The minimum absolute atomic E-state index is 0.0222. The first kappa shape index (κ1) is 46.8. The van der Waals surface area contributed by atoms with Crippen molar-refractivity contribution in [2.75, 3.05) is 48.5 Å². The zero-order valence-corrected chi connectivity index (χ0v) is 39.2. The fourth-order valence-corrected chi connectivity index (χ4v) is 12.3. The number of benzene rings is 3.